The van der Waals surface area contributed by atoms with E-state index >= 15 is 0 Å². The maximum Gasteiger partial charge on any atom is 0.235 e. The summed E-state index contributed by atoms with van der Waals surface area (Å²) in [7, 11) is 8.09. The second-order valence-corrected chi connectivity index (χ2v) is 10.6. The first-order valence-electron chi connectivity index (χ1n) is 12.2. The largest absolute Gasteiger partial charge is 0.506 e. The molecular weight excluding hydrogens is 494 g/mol. The van der Waals surface area contributed by atoms with Crippen molar-refractivity contribution in [2.24, 2.45) is 29.4 Å². The third kappa shape index (κ3) is 3.83. The molecule has 6 atom stereocenters. The van der Waals surface area contributed by atoms with Crippen molar-refractivity contribution in [1.29, 1.82) is 0 Å². The molecule has 2 unspecified atom stereocenters. The Morgan fingerprint density at radius 2 is 1.84 bits per heavy atom. The van der Waals surface area contributed by atoms with Crippen molar-refractivity contribution in [3.63, 3.8) is 0 Å². The topological polar surface area (TPSA) is 168 Å². The molecule has 0 aromatic heterocycles. The number of phenolic OH excluding ortho intramolecular Hbond substituents is 1. The number of phenols is 1. The van der Waals surface area contributed by atoms with Gasteiger partial charge in [0.25, 0.3) is 0 Å². The number of amides is 1. The minimum absolute atomic E-state index is 0.00702. The van der Waals surface area contributed by atoms with Crippen LogP contribution in [0, 0.1) is 35.5 Å². The van der Waals surface area contributed by atoms with E-state index in [0.717, 1.165) is 0 Å². The first kappa shape index (κ1) is 27.4. The van der Waals surface area contributed by atoms with Gasteiger partial charge in [0.15, 0.2) is 34.7 Å². The first-order chi connectivity index (χ1) is 17.8. The van der Waals surface area contributed by atoms with Crippen LogP contribution < -0.4 is 10.6 Å². The van der Waals surface area contributed by atoms with Crippen molar-refractivity contribution < 1.29 is 38.9 Å². The lowest BCUT2D eigenvalue weighted by Gasteiger charge is -2.52. The lowest BCUT2D eigenvalue weighted by molar-refractivity contribution is -0.181. The molecule has 202 valence electrons. The number of carbonyl (C=O) groups excluding carboxylic acids is 5. The van der Waals surface area contributed by atoms with Crippen molar-refractivity contribution >= 4 is 34.7 Å². The highest BCUT2D eigenvalue weighted by Gasteiger charge is 2.69. The van der Waals surface area contributed by atoms with E-state index in [2.05, 4.69) is 11.8 Å². The monoisotopic (exact) mass is 525 g/mol. The Labute approximate surface area is 219 Å². The number of benzene rings is 1. The molecule has 0 radical (unpaired) electrons. The van der Waals surface area contributed by atoms with Gasteiger partial charge in [-0.05, 0) is 44.5 Å². The Bertz CT molecular complexity index is 1320. The number of ether oxygens (including phenoxy) is 1. The summed E-state index contributed by atoms with van der Waals surface area (Å²) in [5.74, 6) is -5.33. The van der Waals surface area contributed by atoms with Gasteiger partial charge in [0.1, 0.15) is 12.4 Å². The number of Topliss-reactive ketones (excluding diaryl/α,β-unsaturated/α-hetero) is 4. The number of fused-ring (bicyclic) bond motifs is 3. The number of aliphatic hydroxyl groups is 1. The number of aromatic hydroxyl groups is 1. The molecule has 38 heavy (non-hydrogen) atoms. The van der Waals surface area contributed by atoms with E-state index < -0.39 is 70.1 Å². The molecule has 3 aliphatic carbocycles. The predicted molar refractivity (Wildman–Crippen MR) is 134 cm³/mol. The van der Waals surface area contributed by atoms with E-state index in [-0.39, 0.29) is 30.6 Å². The molecule has 11 nitrogen and oxygen atoms in total. The van der Waals surface area contributed by atoms with E-state index in [1.807, 2.05) is 0 Å². The summed E-state index contributed by atoms with van der Waals surface area (Å²) in [6.07, 6.45) is 0.172. The molecule has 2 saturated carbocycles. The van der Waals surface area contributed by atoms with Crippen molar-refractivity contribution in [3.05, 3.63) is 22.8 Å². The average Bonchev–Trinajstić information content (AvgIpc) is 2.82. The number of ketones is 4. The summed E-state index contributed by atoms with van der Waals surface area (Å²) in [5, 5.41) is 22.7. The molecule has 1 aromatic carbocycles. The SMILES string of the molecule is COCC#Cc1cc(N(C)C)c2c(c1O)C(=O)C1C(=O)[C@]3(O)C(=O)C(C(N)=O)C(=O)[C@@H](N(C)C)[C@@H]3C[C@@H]1C2. The molecular formula is C27H31N3O8. The van der Waals surface area contributed by atoms with Gasteiger partial charge in [0, 0.05) is 32.8 Å². The van der Waals surface area contributed by atoms with Gasteiger partial charge in [-0.1, -0.05) is 11.8 Å². The van der Waals surface area contributed by atoms with Crippen molar-refractivity contribution in [3.8, 4) is 17.6 Å². The maximum atomic E-state index is 13.9. The summed E-state index contributed by atoms with van der Waals surface area (Å²) in [6, 6.07) is 0.510. The molecule has 0 aliphatic heterocycles. The highest BCUT2D eigenvalue weighted by molar-refractivity contribution is 6.32. The number of hydrogen-bond donors (Lipinski definition) is 3. The molecule has 2 fully saturated rings. The van der Waals surface area contributed by atoms with Crippen LogP contribution in [0.4, 0.5) is 5.69 Å². The fourth-order valence-electron chi connectivity index (χ4n) is 6.35. The van der Waals surface area contributed by atoms with Crippen LogP contribution >= 0.6 is 0 Å². The van der Waals surface area contributed by atoms with Crippen molar-refractivity contribution in [2.45, 2.75) is 24.5 Å². The lowest BCUT2D eigenvalue weighted by Crippen LogP contribution is -2.74. The minimum Gasteiger partial charge on any atom is -0.506 e. The van der Waals surface area contributed by atoms with Crippen LogP contribution in [0.3, 0.4) is 0 Å². The zero-order chi connectivity index (χ0) is 28.3. The van der Waals surface area contributed by atoms with E-state index in [4.69, 9.17) is 10.5 Å². The molecule has 1 amide bonds. The zero-order valence-corrected chi connectivity index (χ0v) is 21.9. The molecule has 3 aliphatic rings. The highest BCUT2D eigenvalue weighted by atomic mass is 16.5. The lowest BCUT2D eigenvalue weighted by atomic mass is 9.52. The Hall–Kier alpha value is -3.59. The standard InChI is InChI=1S/C27H31N3O8/c1-29(2)16-11-12(7-6-8-38-5)21(31)18-14(16)9-13-10-15-20(30(3)4)23(33)19(26(28)36)25(35)27(15,37)24(34)17(13)22(18)32/h11,13,15,17,19-20,31,37H,8-10H2,1-5H3,(H2,28,36)/t13-,15-,17?,19?,20-,27-/m0/s1. The number of rotatable bonds is 4. The number of anilines is 1. The van der Waals surface area contributed by atoms with Crippen molar-refractivity contribution in [2.75, 3.05) is 46.8 Å². The summed E-state index contributed by atoms with van der Waals surface area (Å²) >= 11 is 0. The van der Waals surface area contributed by atoms with Crippen LogP contribution in [0.25, 0.3) is 0 Å². The second-order valence-electron chi connectivity index (χ2n) is 10.6. The van der Waals surface area contributed by atoms with Crippen LogP contribution in [0.2, 0.25) is 0 Å². The van der Waals surface area contributed by atoms with Gasteiger partial charge >= 0.3 is 0 Å². The Balaban J connectivity index is 1.90. The minimum atomic E-state index is -2.76. The number of primary amides is 1. The van der Waals surface area contributed by atoms with Crippen LogP contribution in [0.15, 0.2) is 6.07 Å². The van der Waals surface area contributed by atoms with Gasteiger partial charge in [-0.2, -0.15) is 0 Å². The van der Waals surface area contributed by atoms with Gasteiger partial charge in [0.05, 0.1) is 23.1 Å². The van der Waals surface area contributed by atoms with Gasteiger partial charge in [-0.25, -0.2) is 0 Å². The third-order valence-electron chi connectivity index (χ3n) is 7.96. The molecule has 11 heteroatoms. The van der Waals surface area contributed by atoms with Crippen LogP contribution in [0.5, 0.6) is 5.75 Å². The molecule has 4 N–H and O–H groups in total. The Kier molecular flexibility index (Phi) is 6.95. The average molecular weight is 526 g/mol. The maximum absolute atomic E-state index is 13.9. The van der Waals surface area contributed by atoms with Crippen LogP contribution in [-0.2, 0) is 30.3 Å². The van der Waals surface area contributed by atoms with Crippen molar-refractivity contribution in [1.82, 2.24) is 4.90 Å². The predicted octanol–water partition coefficient (Wildman–Crippen LogP) is -1.07. The van der Waals surface area contributed by atoms with Gasteiger partial charge < -0.3 is 25.6 Å². The number of likely N-dealkylation sites (N-methyl/N-ethyl adjacent to an activating group) is 1. The highest BCUT2D eigenvalue weighted by Crippen LogP contribution is 2.52. The molecule has 1 aromatic rings. The molecule has 4 rings (SSSR count). The summed E-state index contributed by atoms with van der Waals surface area (Å²) in [6.45, 7) is 0.0915. The van der Waals surface area contributed by atoms with Gasteiger partial charge in [-0.3, -0.25) is 28.9 Å². The Morgan fingerprint density at radius 3 is 2.39 bits per heavy atom. The fraction of sp³-hybridized carbons (Fsp3) is 0.519. The molecule has 0 bridgehead atoms. The fourth-order valence-corrected chi connectivity index (χ4v) is 6.35. The van der Waals surface area contributed by atoms with E-state index in [0.29, 0.717) is 11.3 Å². The van der Waals surface area contributed by atoms with Gasteiger partial charge in [0.2, 0.25) is 5.91 Å². The molecule has 0 spiro atoms. The van der Waals surface area contributed by atoms with Crippen LogP contribution in [-0.4, -0.2) is 97.7 Å². The second kappa shape index (κ2) is 9.62. The summed E-state index contributed by atoms with van der Waals surface area (Å²) in [5.41, 5.74) is 3.79. The number of nitrogens with two attached hydrogens (primary N) is 1. The number of methoxy groups -OCH3 is 1. The third-order valence-corrected chi connectivity index (χ3v) is 7.96. The van der Waals surface area contributed by atoms with Gasteiger partial charge in [-0.15, -0.1) is 0 Å². The van der Waals surface area contributed by atoms with E-state index in [1.54, 1.807) is 39.2 Å². The molecule has 0 heterocycles. The first-order valence-corrected chi connectivity index (χ1v) is 12.2. The smallest absolute Gasteiger partial charge is 0.235 e. The zero-order valence-electron chi connectivity index (χ0n) is 21.9. The quantitative estimate of drug-likeness (QED) is 0.325. The van der Waals surface area contributed by atoms with Crippen LogP contribution in [0.1, 0.15) is 27.9 Å². The van der Waals surface area contributed by atoms with E-state index in [1.165, 1.54) is 12.0 Å². The Morgan fingerprint density at radius 1 is 1.18 bits per heavy atom. The number of carbonyl (C=O) groups is 5. The summed E-state index contributed by atoms with van der Waals surface area (Å²) < 4.78 is 4.93. The number of nitrogens with zero attached hydrogens (tertiary/aromatic N) is 2. The van der Waals surface area contributed by atoms with E-state index in [9.17, 15) is 34.2 Å². The summed E-state index contributed by atoms with van der Waals surface area (Å²) in [4.78, 5) is 69.6. The molecule has 0 saturated heterocycles. The normalized spacial score (nSPS) is 30.2. The number of hydrogen-bond acceptors (Lipinski definition) is 10.